The summed E-state index contributed by atoms with van der Waals surface area (Å²) in [7, 11) is 0. The minimum atomic E-state index is -1.05. The number of carboxylic acid groups (broad SMARTS) is 1. The van der Waals surface area contributed by atoms with Crippen LogP contribution in [0.4, 0.5) is 0 Å². The van der Waals surface area contributed by atoms with Crippen molar-refractivity contribution in [1.82, 2.24) is 0 Å². The molecule has 3 N–H and O–H groups in total. The van der Waals surface area contributed by atoms with Crippen LogP contribution in [0.15, 0.2) is 0 Å². The number of rotatable bonds is 4. The largest absolute Gasteiger partial charge is 0.480 e. The van der Waals surface area contributed by atoms with Crippen molar-refractivity contribution in [3.63, 3.8) is 0 Å². The number of hydrogen-bond acceptors (Lipinski definition) is 2. The lowest BCUT2D eigenvalue weighted by Crippen LogP contribution is -2.44. The van der Waals surface area contributed by atoms with E-state index in [9.17, 15) is 4.79 Å². The van der Waals surface area contributed by atoms with Gasteiger partial charge in [-0.2, -0.15) is 0 Å². The van der Waals surface area contributed by atoms with Crippen LogP contribution in [-0.4, -0.2) is 16.6 Å². The first-order valence-electron chi connectivity index (χ1n) is 3.88. The standard InChI is InChI=1S/C8H17NO2/c1-6(2)4-5-8(3,9)7(10)11/h6H,4-5,9H2,1-3H3,(H,10,11)/t8-/m1/s1. The van der Waals surface area contributed by atoms with E-state index in [1.807, 2.05) is 0 Å². The summed E-state index contributed by atoms with van der Waals surface area (Å²) in [4.78, 5) is 10.5. The molecule has 0 aliphatic rings. The molecule has 3 heteroatoms. The lowest BCUT2D eigenvalue weighted by molar-refractivity contribution is -0.143. The van der Waals surface area contributed by atoms with E-state index in [2.05, 4.69) is 13.8 Å². The molecule has 0 unspecified atom stereocenters. The molecule has 0 aromatic rings. The molecule has 0 saturated heterocycles. The molecule has 0 spiro atoms. The van der Waals surface area contributed by atoms with Crippen LogP contribution < -0.4 is 5.73 Å². The second kappa shape index (κ2) is 3.72. The molecule has 0 aliphatic carbocycles. The van der Waals surface area contributed by atoms with Gasteiger partial charge in [0.25, 0.3) is 0 Å². The Morgan fingerprint density at radius 2 is 2.09 bits per heavy atom. The molecule has 0 fully saturated rings. The van der Waals surface area contributed by atoms with Crippen molar-refractivity contribution in [2.75, 3.05) is 0 Å². The van der Waals surface area contributed by atoms with Crippen LogP contribution in [-0.2, 0) is 4.79 Å². The number of aliphatic carboxylic acids is 1. The molecule has 0 heterocycles. The molecule has 0 radical (unpaired) electrons. The van der Waals surface area contributed by atoms with Gasteiger partial charge in [-0.15, -0.1) is 0 Å². The van der Waals surface area contributed by atoms with Gasteiger partial charge in [0, 0.05) is 0 Å². The van der Waals surface area contributed by atoms with E-state index in [0.29, 0.717) is 12.3 Å². The lowest BCUT2D eigenvalue weighted by atomic mass is 9.93. The topological polar surface area (TPSA) is 63.3 Å². The number of carboxylic acids is 1. The minimum absolute atomic E-state index is 0.511. The van der Waals surface area contributed by atoms with Crippen molar-refractivity contribution in [2.24, 2.45) is 11.7 Å². The molecule has 0 aromatic carbocycles. The second-order valence-electron chi connectivity index (χ2n) is 3.66. The van der Waals surface area contributed by atoms with E-state index in [4.69, 9.17) is 10.8 Å². The predicted molar refractivity (Wildman–Crippen MR) is 44.3 cm³/mol. The molecular weight excluding hydrogens is 142 g/mol. The summed E-state index contributed by atoms with van der Waals surface area (Å²) < 4.78 is 0. The average molecular weight is 159 g/mol. The van der Waals surface area contributed by atoms with E-state index in [-0.39, 0.29) is 0 Å². The minimum Gasteiger partial charge on any atom is -0.480 e. The predicted octanol–water partition coefficient (Wildman–Crippen LogP) is 1.22. The highest BCUT2D eigenvalue weighted by Gasteiger charge is 2.27. The maximum atomic E-state index is 10.5. The molecule has 0 amide bonds. The molecule has 3 nitrogen and oxygen atoms in total. The SMILES string of the molecule is CC(C)CC[C@@](C)(N)C(=O)O. The van der Waals surface area contributed by atoms with Crippen LogP contribution in [0, 0.1) is 5.92 Å². The average Bonchev–Trinajstić information content (AvgIpc) is 1.84. The Bertz CT molecular complexity index is 141. The van der Waals surface area contributed by atoms with Crippen LogP contribution in [0.3, 0.4) is 0 Å². The molecule has 0 rings (SSSR count). The quantitative estimate of drug-likeness (QED) is 0.648. The third-order valence-corrected chi connectivity index (χ3v) is 1.73. The monoisotopic (exact) mass is 159 g/mol. The summed E-state index contributed by atoms with van der Waals surface area (Å²) in [5.41, 5.74) is 4.46. The Balaban J connectivity index is 3.83. The highest BCUT2D eigenvalue weighted by atomic mass is 16.4. The normalized spacial score (nSPS) is 16.5. The highest BCUT2D eigenvalue weighted by Crippen LogP contribution is 2.13. The van der Waals surface area contributed by atoms with Crippen molar-refractivity contribution in [3.05, 3.63) is 0 Å². The summed E-state index contributed by atoms with van der Waals surface area (Å²) in [6.07, 6.45) is 1.40. The van der Waals surface area contributed by atoms with Gasteiger partial charge >= 0.3 is 5.97 Å². The van der Waals surface area contributed by atoms with Crippen LogP contribution in [0.1, 0.15) is 33.6 Å². The fraction of sp³-hybridized carbons (Fsp3) is 0.875. The first-order chi connectivity index (χ1) is 4.86. The zero-order chi connectivity index (χ0) is 9.07. The fourth-order valence-electron chi connectivity index (χ4n) is 0.695. The zero-order valence-corrected chi connectivity index (χ0v) is 7.42. The van der Waals surface area contributed by atoms with Crippen LogP contribution in [0.2, 0.25) is 0 Å². The van der Waals surface area contributed by atoms with Crippen molar-refractivity contribution in [2.45, 2.75) is 39.2 Å². The lowest BCUT2D eigenvalue weighted by Gasteiger charge is -2.19. The van der Waals surface area contributed by atoms with Gasteiger partial charge in [-0.1, -0.05) is 13.8 Å². The molecule has 0 aromatic heterocycles. The number of hydrogen-bond donors (Lipinski definition) is 2. The van der Waals surface area contributed by atoms with E-state index in [1.54, 1.807) is 6.92 Å². The highest BCUT2D eigenvalue weighted by molar-refractivity contribution is 5.77. The molecule has 11 heavy (non-hydrogen) atoms. The van der Waals surface area contributed by atoms with Gasteiger partial charge in [-0.05, 0) is 25.7 Å². The molecule has 1 atom stereocenters. The Kier molecular flexibility index (Phi) is 3.52. The maximum absolute atomic E-state index is 10.5. The first kappa shape index (κ1) is 10.4. The van der Waals surface area contributed by atoms with Gasteiger partial charge in [-0.3, -0.25) is 4.79 Å². The van der Waals surface area contributed by atoms with Crippen LogP contribution in [0.5, 0.6) is 0 Å². The van der Waals surface area contributed by atoms with Gasteiger partial charge < -0.3 is 10.8 Å². The third kappa shape index (κ3) is 3.98. The van der Waals surface area contributed by atoms with Gasteiger partial charge in [0.05, 0.1) is 0 Å². The molecule has 66 valence electrons. The third-order valence-electron chi connectivity index (χ3n) is 1.73. The maximum Gasteiger partial charge on any atom is 0.323 e. The first-order valence-corrected chi connectivity index (χ1v) is 3.88. The second-order valence-corrected chi connectivity index (χ2v) is 3.66. The summed E-state index contributed by atoms with van der Waals surface area (Å²) in [6, 6.07) is 0. The Morgan fingerprint density at radius 1 is 1.64 bits per heavy atom. The smallest absolute Gasteiger partial charge is 0.323 e. The van der Waals surface area contributed by atoms with Crippen LogP contribution in [0.25, 0.3) is 0 Å². The fourth-order valence-corrected chi connectivity index (χ4v) is 0.695. The Morgan fingerprint density at radius 3 is 2.36 bits per heavy atom. The van der Waals surface area contributed by atoms with Crippen molar-refractivity contribution < 1.29 is 9.90 Å². The van der Waals surface area contributed by atoms with E-state index in [1.165, 1.54) is 0 Å². The molecule has 0 bridgehead atoms. The Hall–Kier alpha value is -0.570. The van der Waals surface area contributed by atoms with Crippen molar-refractivity contribution in [1.29, 1.82) is 0 Å². The number of carbonyl (C=O) groups is 1. The van der Waals surface area contributed by atoms with Gasteiger partial charge in [0.1, 0.15) is 5.54 Å². The molecular formula is C8H17NO2. The van der Waals surface area contributed by atoms with Gasteiger partial charge in [0.15, 0.2) is 0 Å². The van der Waals surface area contributed by atoms with E-state index < -0.39 is 11.5 Å². The van der Waals surface area contributed by atoms with Crippen molar-refractivity contribution in [3.8, 4) is 0 Å². The zero-order valence-electron chi connectivity index (χ0n) is 7.42. The van der Waals surface area contributed by atoms with E-state index in [0.717, 1.165) is 6.42 Å². The summed E-state index contributed by atoms with van der Waals surface area (Å²) in [5, 5.41) is 8.63. The van der Waals surface area contributed by atoms with Crippen molar-refractivity contribution >= 4 is 5.97 Å². The molecule has 0 saturated carbocycles. The van der Waals surface area contributed by atoms with E-state index >= 15 is 0 Å². The summed E-state index contributed by atoms with van der Waals surface area (Å²) >= 11 is 0. The van der Waals surface area contributed by atoms with Gasteiger partial charge in [0.2, 0.25) is 0 Å². The summed E-state index contributed by atoms with van der Waals surface area (Å²) in [5.74, 6) is -0.407. The van der Waals surface area contributed by atoms with Gasteiger partial charge in [-0.25, -0.2) is 0 Å². The van der Waals surface area contributed by atoms with Crippen LogP contribution >= 0.6 is 0 Å². The summed E-state index contributed by atoms with van der Waals surface area (Å²) in [6.45, 7) is 5.66. The Labute approximate surface area is 67.6 Å². The molecule has 0 aliphatic heterocycles. The number of nitrogens with two attached hydrogens (primary N) is 1.